The first-order valence-corrected chi connectivity index (χ1v) is 15.9. The third-order valence-corrected chi connectivity index (χ3v) is 7.59. The molecule has 0 aliphatic heterocycles. The van der Waals surface area contributed by atoms with Crippen LogP contribution in [0.2, 0.25) is 0 Å². The van der Waals surface area contributed by atoms with Crippen LogP contribution < -0.4 is 9.64 Å². The molecule has 0 aliphatic carbocycles. The molecule has 0 heterocycles. The third-order valence-electron chi connectivity index (χ3n) is 5.73. The highest BCUT2D eigenvalue weighted by Crippen LogP contribution is 2.20. The summed E-state index contributed by atoms with van der Waals surface area (Å²) in [6, 6.07) is 21.6. The van der Waals surface area contributed by atoms with Crippen molar-refractivity contribution in [1.29, 1.82) is 0 Å². The lowest BCUT2D eigenvalue weighted by molar-refractivity contribution is 0.0279. The smallest absolute Gasteiger partial charge is 0.414 e. The summed E-state index contributed by atoms with van der Waals surface area (Å²) in [7, 11) is -2.12. The van der Waals surface area contributed by atoms with Crippen LogP contribution in [0.1, 0.15) is 31.9 Å². The number of benzene rings is 3. The van der Waals surface area contributed by atoms with Crippen molar-refractivity contribution >= 4 is 50.0 Å². The van der Waals surface area contributed by atoms with Gasteiger partial charge in [0, 0.05) is 17.2 Å². The molecule has 0 aromatic heterocycles. The van der Waals surface area contributed by atoms with Gasteiger partial charge in [-0.15, -0.1) is 0 Å². The van der Waals surface area contributed by atoms with E-state index >= 15 is 0 Å². The Hall–Kier alpha value is -3.22. The quantitative estimate of drug-likeness (QED) is 0.0984. The molecule has 9 nitrogen and oxygen atoms in total. The first-order chi connectivity index (χ1) is 20.4. The topological polar surface area (TPSA) is 101 Å². The van der Waals surface area contributed by atoms with Crippen molar-refractivity contribution in [2.45, 2.75) is 31.3 Å². The lowest BCUT2D eigenvalue weighted by atomic mass is 10.1. The van der Waals surface area contributed by atoms with Crippen molar-refractivity contribution in [3.8, 4) is 5.75 Å². The molecule has 0 saturated heterocycles. The molecule has 0 spiro atoms. The van der Waals surface area contributed by atoms with Gasteiger partial charge in [0.1, 0.15) is 18.0 Å². The standard InChI is InChI=1S/C32H38BrNO8S/c1-32(2,3)42-31(35)34(4)28-13-7-25(8-14-28)5-6-26-9-15-29(16-10-26)40-23-21-38-19-20-39-22-24-41-43(36,37)30-17-11-27(33)12-18-30/h5-18H,19-24H2,1-4H3/b6-5+. The van der Waals surface area contributed by atoms with Gasteiger partial charge in [0.25, 0.3) is 10.1 Å². The van der Waals surface area contributed by atoms with E-state index in [1.165, 1.54) is 17.0 Å². The molecule has 0 aliphatic rings. The van der Waals surface area contributed by atoms with Crippen LogP contribution >= 0.6 is 15.9 Å². The first-order valence-electron chi connectivity index (χ1n) is 13.7. The number of anilines is 1. The summed E-state index contributed by atoms with van der Waals surface area (Å²) in [5.74, 6) is 0.732. The Morgan fingerprint density at radius 1 is 0.767 bits per heavy atom. The molecule has 43 heavy (non-hydrogen) atoms. The van der Waals surface area contributed by atoms with Crippen molar-refractivity contribution in [1.82, 2.24) is 0 Å². The van der Waals surface area contributed by atoms with E-state index in [-0.39, 0.29) is 18.1 Å². The van der Waals surface area contributed by atoms with Gasteiger partial charge in [-0.1, -0.05) is 52.3 Å². The largest absolute Gasteiger partial charge is 0.491 e. The van der Waals surface area contributed by atoms with Crippen molar-refractivity contribution < 1.29 is 36.3 Å². The molecule has 232 valence electrons. The van der Waals surface area contributed by atoms with Crippen LogP contribution in [0.15, 0.2) is 82.2 Å². The van der Waals surface area contributed by atoms with Gasteiger partial charge in [-0.25, -0.2) is 4.79 Å². The average Bonchev–Trinajstić information content (AvgIpc) is 2.97. The Morgan fingerprint density at radius 2 is 1.28 bits per heavy atom. The summed E-state index contributed by atoms with van der Waals surface area (Å²) < 4.78 is 52.0. The van der Waals surface area contributed by atoms with Gasteiger partial charge in [0.05, 0.1) is 37.9 Å². The minimum atomic E-state index is -3.80. The lowest BCUT2D eigenvalue weighted by Crippen LogP contribution is -2.34. The normalized spacial score (nSPS) is 11.9. The highest BCUT2D eigenvalue weighted by atomic mass is 79.9. The minimum Gasteiger partial charge on any atom is -0.491 e. The second kappa shape index (κ2) is 16.6. The second-order valence-corrected chi connectivity index (χ2v) is 12.9. The van der Waals surface area contributed by atoms with Crippen LogP contribution in [0, 0.1) is 0 Å². The van der Waals surface area contributed by atoms with E-state index < -0.39 is 21.8 Å². The highest BCUT2D eigenvalue weighted by Gasteiger charge is 2.20. The fraction of sp³-hybridized carbons (Fsp3) is 0.344. The number of carbonyl (C=O) groups excluding carboxylic acids is 1. The molecule has 0 saturated carbocycles. The maximum Gasteiger partial charge on any atom is 0.414 e. The van der Waals surface area contributed by atoms with Gasteiger partial charge < -0.3 is 18.9 Å². The molecule has 1 amide bonds. The molecular formula is C32H38BrNO8S. The summed E-state index contributed by atoms with van der Waals surface area (Å²) >= 11 is 3.27. The van der Waals surface area contributed by atoms with Crippen LogP contribution in [-0.4, -0.2) is 66.8 Å². The number of amides is 1. The maximum atomic E-state index is 12.3. The first kappa shape index (κ1) is 34.3. The fourth-order valence-corrected chi connectivity index (χ4v) is 4.68. The summed E-state index contributed by atoms with van der Waals surface area (Å²) in [5, 5.41) is 0. The van der Waals surface area contributed by atoms with E-state index in [2.05, 4.69) is 15.9 Å². The molecule has 3 aromatic carbocycles. The Kier molecular flexibility index (Phi) is 13.2. The van der Waals surface area contributed by atoms with E-state index in [0.29, 0.717) is 26.4 Å². The Morgan fingerprint density at radius 3 is 1.84 bits per heavy atom. The number of rotatable bonds is 15. The Bertz CT molecular complexity index is 1420. The number of hydrogen-bond donors (Lipinski definition) is 0. The second-order valence-electron chi connectivity index (χ2n) is 10.3. The van der Waals surface area contributed by atoms with Crippen LogP contribution in [0.5, 0.6) is 5.75 Å². The van der Waals surface area contributed by atoms with E-state index in [4.69, 9.17) is 23.1 Å². The molecular weight excluding hydrogens is 638 g/mol. The number of hydrogen-bond acceptors (Lipinski definition) is 8. The van der Waals surface area contributed by atoms with Crippen LogP contribution in [0.4, 0.5) is 10.5 Å². The van der Waals surface area contributed by atoms with Crippen LogP contribution in [0.25, 0.3) is 12.2 Å². The third kappa shape index (κ3) is 12.5. The van der Waals surface area contributed by atoms with Gasteiger partial charge in [-0.05, 0) is 80.4 Å². The van der Waals surface area contributed by atoms with E-state index in [9.17, 15) is 13.2 Å². The van der Waals surface area contributed by atoms with Gasteiger partial charge in [-0.2, -0.15) is 8.42 Å². The van der Waals surface area contributed by atoms with Crippen molar-refractivity contribution in [3.05, 3.63) is 88.4 Å². The molecule has 0 bridgehead atoms. The van der Waals surface area contributed by atoms with Crippen LogP contribution in [0.3, 0.4) is 0 Å². The van der Waals surface area contributed by atoms with Gasteiger partial charge in [-0.3, -0.25) is 9.08 Å². The van der Waals surface area contributed by atoms with Gasteiger partial charge in [0.15, 0.2) is 0 Å². The number of nitrogens with zero attached hydrogens (tertiary/aromatic N) is 1. The predicted molar refractivity (Wildman–Crippen MR) is 171 cm³/mol. The molecule has 0 unspecified atom stereocenters. The molecule has 0 fully saturated rings. The summed E-state index contributed by atoms with van der Waals surface area (Å²) in [5.41, 5.74) is 2.22. The maximum absolute atomic E-state index is 12.3. The molecule has 11 heteroatoms. The van der Waals surface area contributed by atoms with Crippen molar-refractivity contribution in [3.63, 3.8) is 0 Å². The predicted octanol–water partition coefficient (Wildman–Crippen LogP) is 6.81. The minimum absolute atomic E-state index is 0.0770. The lowest BCUT2D eigenvalue weighted by Gasteiger charge is -2.24. The molecule has 3 rings (SSSR count). The van der Waals surface area contributed by atoms with Gasteiger partial charge in [0.2, 0.25) is 0 Å². The SMILES string of the molecule is CN(C(=O)OC(C)(C)C)c1ccc(/C=C/c2ccc(OCCOCCOCCOS(=O)(=O)c3ccc(Br)cc3)cc2)cc1. The average molecular weight is 677 g/mol. The van der Waals surface area contributed by atoms with E-state index in [0.717, 1.165) is 27.0 Å². The van der Waals surface area contributed by atoms with E-state index in [1.807, 2.05) is 81.5 Å². The molecule has 3 aromatic rings. The van der Waals surface area contributed by atoms with Crippen molar-refractivity contribution in [2.75, 3.05) is 51.6 Å². The summed E-state index contributed by atoms with van der Waals surface area (Å²) in [4.78, 5) is 13.8. The van der Waals surface area contributed by atoms with E-state index in [1.54, 1.807) is 19.2 Å². The van der Waals surface area contributed by atoms with Crippen molar-refractivity contribution in [2.24, 2.45) is 0 Å². The zero-order chi connectivity index (χ0) is 31.3. The molecule has 0 radical (unpaired) electrons. The number of ether oxygens (including phenoxy) is 4. The Balaban J connectivity index is 1.28. The number of carbonyl (C=O) groups is 1. The fourth-order valence-electron chi connectivity index (χ4n) is 3.52. The molecule has 0 N–H and O–H groups in total. The highest BCUT2D eigenvalue weighted by molar-refractivity contribution is 9.10. The van der Waals surface area contributed by atoms with Crippen LogP contribution in [-0.2, 0) is 28.5 Å². The monoisotopic (exact) mass is 675 g/mol. The Labute approximate surface area is 262 Å². The summed E-state index contributed by atoms with van der Waals surface area (Å²) in [6.07, 6.45) is 3.60. The zero-order valence-corrected chi connectivity index (χ0v) is 27.2. The van der Waals surface area contributed by atoms with Gasteiger partial charge >= 0.3 is 6.09 Å². The molecule has 0 atom stereocenters. The summed E-state index contributed by atoms with van der Waals surface area (Å²) in [6.45, 7) is 7.00. The number of halogens is 1. The zero-order valence-electron chi connectivity index (χ0n) is 24.8.